The first-order chi connectivity index (χ1) is 13.9. The molecule has 0 radical (unpaired) electrons. The normalized spacial score (nSPS) is 11.4. The Labute approximate surface area is 173 Å². The van der Waals surface area contributed by atoms with Crippen LogP contribution in [0.2, 0.25) is 5.02 Å². The van der Waals surface area contributed by atoms with Crippen LogP contribution in [0.25, 0.3) is 22.4 Å². The molecule has 1 aromatic heterocycles. The van der Waals surface area contributed by atoms with E-state index in [2.05, 4.69) is 34.0 Å². The SMILES string of the molecule is CCN(CC)CCCNC(=O)c1ccc(-c2nc3cc(F)c(Cl)cc3[nH]2)c(F)c1. The minimum absolute atomic E-state index is 0.0406. The summed E-state index contributed by atoms with van der Waals surface area (Å²) < 4.78 is 28.2. The van der Waals surface area contributed by atoms with Gasteiger partial charge < -0.3 is 15.2 Å². The van der Waals surface area contributed by atoms with E-state index in [-0.39, 0.29) is 27.9 Å². The largest absolute Gasteiger partial charge is 0.352 e. The Morgan fingerprint density at radius 1 is 1.17 bits per heavy atom. The van der Waals surface area contributed by atoms with Gasteiger partial charge in [-0.25, -0.2) is 13.8 Å². The van der Waals surface area contributed by atoms with E-state index >= 15 is 0 Å². The Hall–Kier alpha value is -2.51. The summed E-state index contributed by atoms with van der Waals surface area (Å²) in [6.45, 7) is 7.56. The molecule has 8 heteroatoms. The van der Waals surface area contributed by atoms with Crippen LogP contribution in [0.3, 0.4) is 0 Å². The molecule has 2 aromatic carbocycles. The van der Waals surface area contributed by atoms with Crippen molar-refractivity contribution in [3.63, 3.8) is 0 Å². The summed E-state index contributed by atoms with van der Waals surface area (Å²) in [6.07, 6.45) is 0.825. The van der Waals surface area contributed by atoms with Crippen molar-refractivity contribution >= 4 is 28.5 Å². The Balaban J connectivity index is 1.69. The number of aromatic amines is 1. The molecule has 3 rings (SSSR count). The van der Waals surface area contributed by atoms with Gasteiger partial charge in [-0.1, -0.05) is 25.4 Å². The van der Waals surface area contributed by atoms with Gasteiger partial charge in [0.1, 0.15) is 17.5 Å². The van der Waals surface area contributed by atoms with E-state index in [4.69, 9.17) is 11.6 Å². The molecule has 5 nitrogen and oxygen atoms in total. The fourth-order valence-electron chi connectivity index (χ4n) is 3.13. The van der Waals surface area contributed by atoms with Crippen molar-refractivity contribution in [2.24, 2.45) is 0 Å². The Bertz CT molecular complexity index is 978. The lowest BCUT2D eigenvalue weighted by molar-refractivity contribution is 0.0951. The third-order valence-corrected chi connectivity index (χ3v) is 5.13. The molecular weight excluding hydrogens is 398 g/mol. The second-order valence-corrected chi connectivity index (χ2v) is 7.11. The van der Waals surface area contributed by atoms with Gasteiger partial charge in [-0.2, -0.15) is 0 Å². The predicted molar refractivity (Wildman–Crippen MR) is 111 cm³/mol. The van der Waals surface area contributed by atoms with Crippen LogP contribution < -0.4 is 5.32 Å². The summed E-state index contributed by atoms with van der Waals surface area (Å²) in [5.41, 5.74) is 1.27. The maximum atomic E-state index is 14.6. The first-order valence-electron chi connectivity index (χ1n) is 9.58. The number of carbonyl (C=O) groups is 1. The number of nitrogens with one attached hydrogen (secondary N) is 2. The van der Waals surface area contributed by atoms with Crippen LogP contribution in [0.15, 0.2) is 30.3 Å². The van der Waals surface area contributed by atoms with Gasteiger partial charge in [0.2, 0.25) is 0 Å². The quantitative estimate of drug-likeness (QED) is 0.522. The monoisotopic (exact) mass is 420 g/mol. The zero-order valence-electron chi connectivity index (χ0n) is 16.4. The molecule has 0 aliphatic heterocycles. The van der Waals surface area contributed by atoms with E-state index < -0.39 is 11.6 Å². The lowest BCUT2D eigenvalue weighted by Gasteiger charge is -2.17. The van der Waals surface area contributed by atoms with Gasteiger partial charge in [-0.05, 0) is 50.3 Å². The molecular formula is C21H23ClF2N4O. The van der Waals surface area contributed by atoms with Crippen molar-refractivity contribution in [1.29, 1.82) is 0 Å². The first-order valence-corrected chi connectivity index (χ1v) is 9.96. The number of carbonyl (C=O) groups excluding carboxylic acids is 1. The first kappa shape index (κ1) is 21.2. The van der Waals surface area contributed by atoms with E-state index in [1.165, 1.54) is 24.3 Å². The summed E-state index contributed by atoms with van der Waals surface area (Å²) in [7, 11) is 0. The zero-order chi connectivity index (χ0) is 21.0. The number of aromatic nitrogens is 2. The van der Waals surface area contributed by atoms with Gasteiger partial charge in [-0.3, -0.25) is 4.79 Å². The third kappa shape index (κ3) is 4.92. The molecule has 2 N–H and O–H groups in total. The number of hydrogen-bond donors (Lipinski definition) is 2. The van der Waals surface area contributed by atoms with Crippen molar-refractivity contribution in [1.82, 2.24) is 20.2 Å². The third-order valence-electron chi connectivity index (χ3n) is 4.84. The highest BCUT2D eigenvalue weighted by Crippen LogP contribution is 2.27. The molecule has 3 aromatic rings. The molecule has 0 saturated carbocycles. The highest BCUT2D eigenvalue weighted by Gasteiger charge is 2.15. The Morgan fingerprint density at radius 3 is 2.62 bits per heavy atom. The molecule has 0 fully saturated rings. The molecule has 1 amide bonds. The molecule has 1 heterocycles. The minimum Gasteiger partial charge on any atom is -0.352 e. The minimum atomic E-state index is -0.592. The number of nitrogens with zero attached hydrogens (tertiary/aromatic N) is 2. The van der Waals surface area contributed by atoms with Gasteiger partial charge in [0.15, 0.2) is 0 Å². The lowest BCUT2D eigenvalue weighted by atomic mass is 10.1. The van der Waals surface area contributed by atoms with Crippen molar-refractivity contribution < 1.29 is 13.6 Å². The fraction of sp³-hybridized carbons (Fsp3) is 0.333. The van der Waals surface area contributed by atoms with Gasteiger partial charge >= 0.3 is 0 Å². The van der Waals surface area contributed by atoms with Gasteiger partial charge in [0.25, 0.3) is 5.91 Å². The van der Waals surface area contributed by atoms with Gasteiger partial charge in [-0.15, -0.1) is 0 Å². The maximum Gasteiger partial charge on any atom is 0.251 e. The maximum absolute atomic E-state index is 14.6. The summed E-state index contributed by atoms with van der Waals surface area (Å²) in [5, 5.41) is 2.77. The molecule has 0 aliphatic carbocycles. The van der Waals surface area contributed by atoms with Crippen LogP contribution in [0.1, 0.15) is 30.6 Å². The van der Waals surface area contributed by atoms with Crippen LogP contribution >= 0.6 is 11.6 Å². The van der Waals surface area contributed by atoms with Crippen LogP contribution in [0.4, 0.5) is 8.78 Å². The summed E-state index contributed by atoms with van der Waals surface area (Å²) in [4.78, 5) is 21.7. The topological polar surface area (TPSA) is 61.0 Å². The molecule has 0 unspecified atom stereocenters. The van der Waals surface area contributed by atoms with E-state index in [0.717, 1.165) is 26.1 Å². The predicted octanol–water partition coefficient (Wildman–Crippen LogP) is 4.62. The molecule has 0 spiro atoms. The second-order valence-electron chi connectivity index (χ2n) is 6.70. The number of H-pyrrole nitrogens is 1. The molecule has 0 atom stereocenters. The number of hydrogen-bond acceptors (Lipinski definition) is 3. The molecule has 29 heavy (non-hydrogen) atoms. The molecule has 0 aliphatic rings. The summed E-state index contributed by atoms with van der Waals surface area (Å²) >= 11 is 5.77. The van der Waals surface area contributed by atoms with Crippen LogP contribution in [0.5, 0.6) is 0 Å². The molecule has 154 valence electrons. The van der Waals surface area contributed by atoms with Crippen LogP contribution in [-0.4, -0.2) is 47.0 Å². The Morgan fingerprint density at radius 2 is 1.93 bits per heavy atom. The summed E-state index contributed by atoms with van der Waals surface area (Å²) in [6, 6.07) is 6.79. The van der Waals surface area contributed by atoms with Crippen molar-refractivity contribution in [2.45, 2.75) is 20.3 Å². The molecule has 0 bridgehead atoms. The van der Waals surface area contributed by atoms with E-state index in [1.807, 2.05) is 0 Å². The van der Waals surface area contributed by atoms with Crippen molar-refractivity contribution in [3.8, 4) is 11.4 Å². The number of imidazole rings is 1. The smallest absolute Gasteiger partial charge is 0.251 e. The lowest BCUT2D eigenvalue weighted by Crippen LogP contribution is -2.29. The number of fused-ring (bicyclic) bond motifs is 1. The number of halogens is 3. The van der Waals surface area contributed by atoms with Crippen LogP contribution in [0, 0.1) is 11.6 Å². The highest BCUT2D eigenvalue weighted by atomic mass is 35.5. The average Bonchev–Trinajstić information content (AvgIpc) is 3.10. The van der Waals surface area contributed by atoms with E-state index in [1.54, 1.807) is 6.07 Å². The number of benzene rings is 2. The van der Waals surface area contributed by atoms with Crippen molar-refractivity contribution in [2.75, 3.05) is 26.2 Å². The highest BCUT2D eigenvalue weighted by molar-refractivity contribution is 6.31. The fourth-order valence-corrected chi connectivity index (χ4v) is 3.29. The Kier molecular flexibility index (Phi) is 6.82. The second kappa shape index (κ2) is 9.33. The number of rotatable bonds is 8. The van der Waals surface area contributed by atoms with Gasteiger partial charge in [0, 0.05) is 18.2 Å². The number of amides is 1. The van der Waals surface area contributed by atoms with Gasteiger partial charge in [0.05, 0.1) is 21.6 Å². The van der Waals surface area contributed by atoms with Crippen LogP contribution in [-0.2, 0) is 0 Å². The summed E-state index contributed by atoms with van der Waals surface area (Å²) in [5.74, 6) is -1.27. The van der Waals surface area contributed by atoms with E-state index in [0.29, 0.717) is 17.6 Å². The van der Waals surface area contributed by atoms with E-state index in [9.17, 15) is 13.6 Å². The average molecular weight is 421 g/mol. The zero-order valence-corrected chi connectivity index (χ0v) is 17.1. The van der Waals surface area contributed by atoms with Crippen molar-refractivity contribution in [3.05, 3.63) is 52.6 Å². The molecule has 0 saturated heterocycles. The standard InChI is InChI=1S/C21H23ClF2N4O/c1-3-28(4-2)9-5-8-25-21(29)13-6-7-14(16(23)10-13)20-26-18-11-15(22)17(24)12-19(18)27-20/h6-7,10-12H,3-5,8-9H2,1-2H3,(H,25,29)(H,26,27).